The van der Waals surface area contributed by atoms with Crippen LogP contribution in [0.3, 0.4) is 0 Å². The van der Waals surface area contributed by atoms with Crippen LogP contribution in [0, 0.1) is 0 Å². The molecule has 0 N–H and O–H groups in total. The van der Waals surface area contributed by atoms with Gasteiger partial charge in [0.2, 0.25) is 0 Å². The van der Waals surface area contributed by atoms with Gasteiger partial charge in [-0.25, -0.2) is 9.97 Å². The fourth-order valence-electron chi connectivity index (χ4n) is 4.96. The van der Waals surface area contributed by atoms with Gasteiger partial charge in [-0.05, 0) is 35.7 Å². The lowest BCUT2D eigenvalue weighted by atomic mass is 10.0. The lowest BCUT2D eigenvalue weighted by molar-refractivity contribution is 0.667. The molecule has 0 saturated heterocycles. The Morgan fingerprint density at radius 3 is 2.49 bits per heavy atom. The first kappa shape index (κ1) is 18.9. The van der Waals surface area contributed by atoms with E-state index >= 15 is 0 Å². The van der Waals surface area contributed by atoms with Crippen LogP contribution in [0.15, 0.2) is 102 Å². The van der Waals surface area contributed by atoms with Crippen molar-refractivity contribution in [1.82, 2.24) is 14.5 Å². The van der Waals surface area contributed by atoms with Crippen LogP contribution in [0.5, 0.6) is 0 Å². The van der Waals surface area contributed by atoms with Gasteiger partial charge in [0.25, 0.3) is 0 Å². The molecule has 0 aliphatic heterocycles. The Morgan fingerprint density at radius 1 is 0.829 bits per heavy atom. The third kappa shape index (κ3) is 3.00. The van der Waals surface area contributed by atoms with E-state index in [0.29, 0.717) is 0 Å². The van der Waals surface area contributed by atoms with Crippen molar-refractivity contribution in [1.29, 1.82) is 0 Å². The molecule has 0 spiro atoms. The second kappa shape index (κ2) is 7.54. The molecule has 3 heterocycles. The van der Waals surface area contributed by atoms with Gasteiger partial charge in [-0.1, -0.05) is 80.6 Å². The normalized spacial score (nSPS) is 12.7. The summed E-state index contributed by atoms with van der Waals surface area (Å²) >= 11 is 0. The number of hydrogen-bond acceptors (Lipinski definition) is 3. The number of nitrogens with zero attached hydrogens (tertiary/aromatic N) is 3. The van der Waals surface area contributed by atoms with E-state index in [1.165, 1.54) is 0 Å². The second-order valence-corrected chi connectivity index (χ2v) is 9.12. The molecule has 0 atom stereocenters. The maximum Gasteiger partial charge on any atom is 0.165 e. The molecule has 7 aromatic rings. The van der Waals surface area contributed by atoms with Gasteiger partial charge in [-0.2, -0.15) is 0 Å². The quantitative estimate of drug-likeness (QED) is 0.270. The molecule has 3 aromatic heterocycles. The van der Waals surface area contributed by atoms with E-state index in [2.05, 4.69) is 53.1 Å². The summed E-state index contributed by atoms with van der Waals surface area (Å²) < 4.78 is 17.1. The Kier molecular flexibility index (Phi) is 4.08. The predicted molar refractivity (Wildman–Crippen MR) is 143 cm³/mol. The van der Waals surface area contributed by atoms with Gasteiger partial charge in [0.05, 0.1) is 5.56 Å². The topological polar surface area (TPSA) is 43.9 Å². The highest BCUT2D eigenvalue weighted by atomic mass is 16.3. The molecule has 0 bridgehead atoms. The fraction of sp³-hybridized carbons (Fsp3) is 0.0968. The molecule has 0 fully saturated rings. The largest absolute Gasteiger partial charge is 0.455 e. The number of aromatic nitrogens is 3. The monoisotopic (exact) mass is 454 g/mol. The second-order valence-electron chi connectivity index (χ2n) is 9.12. The molecule has 0 saturated carbocycles. The molecule has 7 rings (SSSR count). The van der Waals surface area contributed by atoms with Crippen molar-refractivity contribution in [3.8, 4) is 17.1 Å². The minimum absolute atomic E-state index is 0.704. The lowest BCUT2D eigenvalue weighted by Crippen LogP contribution is -1.98. The number of rotatable bonds is 3. The summed E-state index contributed by atoms with van der Waals surface area (Å²) in [6.07, 6.45) is 1.91. The summed E-state index contributed by atoms with van der Waals surface area (Å²) in [5.41, 5.74) is 6.04. The third-order valence-electron chi connectivity index (χ3n) is 6.73. The van der Waals surface area contributed by atoms with Gasteiger partial charge in [0.15, 0.2) is 11.5 Å². The average molecular weight is 455 g/mol. The highest BCUT2D eigenvalue weighted by Gasteiger charge is 2.21. The number of fused-ring (bicyclic) bond motifs is 6. The third-order valence-corrected chi connectivity index (χ3v) is 6.73. The van der Waals surface area contributed by atoms with E-state index in [1.807, 2.05) is 62.5 Å². The molecule has 0 aliphatic carbocycles. The van der Waals surface area contributed by atoms with Gasteiger partial charge in [-0.3, -0.25) is 4.57 Å². The standard InChI is InChI=1S/C31H23N3O/c1-19(2)20-15-16-24-25-13-8-14-26(29(25)35-27(24)17-20)30-33-28-23-12-7-6-9-21(23)18-32-31(28)34(30)22-10-4-3-5-11-22/h3-19H,1-2H3/i19D. The maximum atomic E-state index is 8.45. The Morgan fingerprint density at radius 2 is 1.63 bits per heavy atom. The van der Waals surface area contributed by atoms with Crippen molar-refractivity contribution in [2.24, 2.45) is 0 Å². The minimum Gasteiger partial charge on any atom is -0.455 e. The van der Waals surface area contributed by atoms with Gasteiger partial charge >= 0.3 is 0 Å². The Bertz CT molecular complexity index is 1930. The lowest BCUT2D eigenvalue weighted by Gasteiger charge is -2.09. The first-order valence-corrected chi connectivity index (χ1v) is 11.8. The summed E-state index contributed by atoms with van der Waals surface area (Å²) in [6, 6.07) is 30.7. The van der Waals surface area contributed by atoms with Crippen LogP contribution in [0.2, 0.25) is 0 Å². The van der Waals surface area contributed by atoms with Crippen LogP contribution in [0.25, 0.3) is 61.0 Å². The average Bonchev–Trinajstić information content (AvgIpc) is 3.47. The first-order valence-electron chi connectivity index (χ1n) is 12.3. The molecule has 0 radical (unpaired) electrons. The molecule has 4 nitrogen and oxygen atoms in total. The Hall–Kier alpha value is -4.44. The smallest absolute Gasteiger partial charge is 0.165 e. The number of para-hydroxylation sites is 2. The van der Waals surface area contributed by atoms with Gasteiger partial charge < -0.3 is 4.42 Å². The van der Waals surface area contributed by atoms with Gasteiger partial charge in [-0.15, -0.1) is 0 Å². The van der Waals surface area contributed by atoms with Gasteiger partial charge in [0, 0.05) is 34.8 Å². The molecule has 168 valence electrons. The SMILES string of the molecule is [2H]C(C)(C)c1ccc2c(c1)oc1c(-c3nc4c5ccccc5cnc4n3-c3ccccc3)cccc12. The van der Waals surface area contributed by atoms with Crippen LogP contribution in [-0.2, 0) is 0 Å². The van der Waals surface area contributed by atoms with Crippen molar-refractivity contribution in [2.45, 2.75) is 19.7 Å². The molecule has 35 heavy (non-hydrogen) atoms. The highest BCUT2D eigenvalue weighted by molar-refractivity contribution is 6.10. The number of furan rings is 1. The van der Waals surface area contributed by atoms with Crippen LogP contribution >= 0.6 is 0 Å². The van der Waals surface area contributed by atoms with Crippen molar-refractivity contribution in [2.75, 3.05) is 0 Å². The summed E-state index contributed by atoms with van der Waals surface area (Å²) in [5.74, 6) is 0.0787. The summed E-state index contributed by atoms with van der Waals surface area (Å²) in [4.78, 5) is 10.0. The zero-order valence-electron chi connectivity index (χ0n) is 20.5. The van der Waals surface area contributed by atoms with E-state index in [9.17, 15) is 0 Å². The summed E-state index contributed by atoms with van der Waals surface area (Å²) in [5, 5.41) is 4.19. The minimum atomic E-state index is -0.704. The van der Waals surface area contributed by atoms with E-state index < -0.39 is 5.89 Å². The van der Waals surface area contributed by atoms with Crippen LogP contribution < -0.4 is 0 Å². The van der Waals surface area contributed by atoms with Gasteiger partial charge in [0.1, 0.15) is 16.7 Å². The van der Waals surface area contributed by atoms with Crippen molar-refractivity contribution < 1.29 is 5.79 Å². The van der Waals surface area contributed by atoms with Crippen LogP contribution in [0.4, 0.5) is 0 Å². The number of pyridine rings is 1. The molecular weight excluding hydrogens is 430 g/mol. The van der Waals surface area contributed by atoms with E-state index in [4.69, 9.17) is 15.8 Å². The van der Waals surface area contributed by atoms with Crippen LogP contribution in [0.1, 0.15) is 26.7 Å². The number of hydrogen-bond donors (Lipinski definition) is 0. The van der Waals surface area contributed by atoms with E-state index in [1.54, 1.807) is 0 Å². The molecular formula is C31H23N3O. The highest BCUT2D eigenvalue weighted by Crippen LogP contribution is 2.39. The maximum absolute atomic E-state index is 8.45. The molecule has 0 aliphatic rings. The van der Waals surface area contributed by atoms with E-state index in [0.717, 1.165) is 66.5 Å². The van der Waals surface area contributed by atoms with E-state index in [-0.39, 0.29) is 0 Å². The summed E-state index contributed by atoms with van der Waals surface area (Å²) in [7, 11) is 0. The zero-order chi connectivity index (χ0) is 24.4. The molecule has 4 heteroatoms. The van der Waals surface area contributed by atoms with Crippen LogP contribution in [-0.4, -0.2) is 14.5 Å². The van der Waals surface area contributed by atoms with Crippen molar-refractivity contribution >= 4 is 43.9 Å². The number of benzene rings is 4. The molecule has 0 unspecified atom stereocenters. The molecule has 4 aromatic carbocycles. The molecule has 0 amide bonds. The first-order chi connectivity index (χ1) is 17.5. The Labute approximate surface area is 203 Å². The predicted octanol–water partition coefficient (Wildman–Crippen LogP) is 8.26. The Balaban J connectivity index is 1.58. The fourth-order valence-corrected chi connectivity index (χ4v) is 4.96. The zero-order valence-corrected chi connectivity index (χ0v) is 19.5. The van der Waals surface area contributed by atoms with Crippen molar-refractivity contribution in [3.63, 3.8) is 0 Å². The summed E-state index contributed by atoms with van der Waals surface area (Å²) in [6.45, 7) is 3.78. The van der Waals surface area contributed by atoms with Crippen molar-refractivity contribution in [3.05, 3.63) is 103 Å². The number of imidazole rings is 1.